The smallest absolute Gasteiger partial charge is 0.0567 e. The number of aliphatic hydroxyl groups excluding tert-OH is 1. The molecule has 1 fully saturated rings. The van der Waals surface area contributed by atoms with Crippen molar-refractivity contribution in [3.8, 4) is 0 Å². The summed E-state index contributed by atoms with van der Waals surface area (Å²) in [7, 11) is 0. The Kier molecular flexibility index (Phi) is 2.05. The van der Waals surface area contributed by atoms with Crippen LogP contribution < -0.4 is 11.1 Å². The summed E-state index contributed by atoms with van der Waals surface area (Å²) in [5, 5.41) is 12.2. The Morgan fingerprint density at radius 1 is 1.67 bits per heavy atom. The van der Waals surface area contributed by atoms with Gasteiger partial charge >= 0.3 is 0 Å². The van der Waals surface area contributed by atoms with Crippen LogP contribution in [0.4, 0.5) is 0 Å². The van der Waals surface area contributed by atoms with Crippen LogP contribution in [0.3, 0.4) is 0 Å². The number of nitrogens with one attached hydrogen (secondary N) is 1. The maximum Gasteiger partial charge on any atom is 0.0567 e. The first-order valence-electron chi connectivity index (χ1n) is 3.36. The molecule has 0 saturated carbocycles. The van der Waals surface area contributed by atoms with E-state index in [-0.39, 0.29) is 18.1 Å². The van der Waals surface area contributed by atoms with Crippen LogP contribution in [0.15, 0.2) is 0 Å². The average molecular weight is 130 g/mol. The van der Waals surface area contributed by atoms with Crippen molar-refractivity contribution < 1.29 is 5.11 Å². The standard InChI is InChI=1S/C6H14N2O/c1-4(9)5-2-8-3-6(5)7/h4-6,8-9H,2-3,7H2,1H3. The van der Waals surface area contributed by atoms with Crippen LogP contribution in [0.2, 0.25) is 0 Å². The highest BCUT2D eigenvalue weighted by Crippen LogP contribution is 2.10. The van der Waals surface area contributed by atoms with Crippen molar-refractivity contribution in [2.75, 3.05) is 13.1 Å². The van der Waals surface area contributed by atoms with Gasteiger partial charge in [0.2, 0.25) is 0 Å². The zero-order valence-corrected chi connectivity index (χ0v) is 5.67. The second kappa shape index (κ2) is 2.64. The van der Waals surface area contributed by atoms with Gasteiger partial charge in [-0.05, 0) is 6.92 Å². The highest BCUT2D eigenvalue weighted by molar-refractivity contribution is 4.86. The van der Waals surface area contributed by atoms with Crippen molar-refractivity contribution in [3.63, 3.8) is 0 Å². The van der Waals surface area contributed by atoms with Crippen LogP contribution >= 0.6 is 0 Å². The van der Waals surface area contributed by atoms with Gasteiger partial charge in [-0.2, -0.15) is 0 Å². The summed E-state index contributed by atoms with van der Waals surface area (Å²) in [6, 6.07) is 0.144. The molecule has 4 N–H and O–H groups in total. The second-order valence-corrected chi connectivity index (χ2v) is 2.73. The molecule has 3 unspecified atom stereocenters. The zero-order chi connectivity index (χ0) is 6.85. The molecule has 1 heterocycles. The second-order valence-electron chi connectivity index (χ2n) is 2.73. The average Bonchev–Trinajstić information content (AvgIpc) is 2.13. The van der Waals surface area contributed by atoms with E-state index in [0.29, 0.717) is 0 Å². The minimum absolute atomic E-state index is 0.144. The lowest BCUT2D eigenvalue weighted by atomic mass is 9.99. The lowest BCUT2D eigenvalue weighted by Gasteiger charge is -2.16. The van der Waals surface area contributed by atoms with Crippen molar-refractivity contribution >= 4 is 0 Å². The zero-order valence-electron chi connectivity index (χ0n) is 5.67. The molecule has 0 bridgehead atoms. The van der Waals surface area contributed by atoms with Crippen LogP contribution in [-0.2, 0) is 0 Å². The Hall–Kier alpha value is -0.120. The first-order valence-corrected chi connectivity index (χ1v) is 3.36. The molecule has 0 aliphatic carbocycles. The van der Waals surface area contributed by atoms with Gasteiger partial charge in [-0.1, -0.05) is 0 Å². The van der Waals surface area contributed by atoms with E-state index in [9.17, 15) is 0 Å². The van der Waals surface area contributed by atoms with Gasteiger partial charge in [-0.15, -0.1) is 0 Å². The first kappa shape index (κ1) is 6.99. The van der Waals surface area contributed by atoms with Crippen LogP contribution in [0.1, 0.15) is 6.92 Å². The third-order valence-corrected chi connectivity index (χ3v) is 1.93. The minimum atomic E-state index is -0.269. The van der Waals surface area contributed by atoms with Crippen LogP contribution in [0, 0.1) is 5.92 Å². The Balaban J connectivity index is 2.40. The predicted molar refractivity (Wildman–Crippen MR) is 36.0 cm³/mol. The van der Waals surface area contributed by atoms with E-state index in [4.69, 9.17) is 10.8 Å². The summed E-state index contributed by atoms with van der Waals surface area (Å²) >= 11 is 0. The lowest BCUT2D eigenvalue weighted by molar-refractivity contribution is 0.127. The topological polar surface area (TPSA) is 58.3 Å². The SMILES string of the molecule is CC(O)C1CNCC1N. The number of hydrogen-bond donors (Lipinski definition) is 3. The normalized spacial score (nSPS) is 39.0. The van der Waals surface area contributed by atoms with Crippen molar-refractivity contribution in [3.05, 3.63) is 0 Å². The molecule has 0 spiro atoms. The molecular formula is C6H14N2O. The number of nitrogens with two attached hydrogens (primary N) is 1. The Morgan fingerprint density at radius 3 is 2.56 bits per heavy atom. The molecule has 1 rings (SSSR count). The number of aliphatic hydroxyl groups is 1. The molecule has 0 aromatic rings. The molecule has 3 heteroatoms. The maximum absolute atomic E-state index is 9.10. The van der Waals surface area contributed by atoms with Gasteiger partial charge in [-0.3, -0.25) is 0 Å². The maximum atomic E-state index is 9.10. The lowest BCUT2D eigenvalue weighted by Crippen LogP contribution is -2.35. The summed E-state index contributed by atoms with van der Waals surface area (Å²) in [6.45, 7) is 3.49. The monoisotopic (exact) mass is 130 g/mol. The Morgan fingerprint density at radius 2 is 2.33 bits per heavy atom. The largest absolute Gasteiger partial charge is 0.393 e. The molecule has 3 nitrogen and oxygen atoms in total. The van der Waals surface area contributed by atoms with Gasteiger partial charge in [0.05, 0.1) is 6.10 Å². The van der Waals surface area contributed by atoms with Gasteiger partial charge in [0.1, 0.15) is 0 Å². The van der Waals surface area contributed by atoms with Gasteiger partial charge in [0, 0.05) is 25.0 Å². The van der Waals surface area contributed by atoms with E-state index in [2.05, 4.69) is 5.32 Å². The quantitative estimate of drug-likeness (QED) is 0.423. The van der Waals surface area contributed by atoms with E-state index in [0.717, 1.165) is 13.1 Å². The van der Waals surface area contributed by atoms with Crippen molar-refractivity contribution in [2.24, 2.45) is 11.7 Å². The van der Waals surface area contributed by atoms with E-state index in [1.165, 1.54) is 0 Å². The molecule has 0 amide bonds. The highest BCUT2D eigenvalue weighted by atomic mass is 16.3. The van der Waals surface area contributed by atoms with Gasteiger partial charge in [0.25, 0.3) is 0 Å². The molecule has 3 atom stereocenters. The molecule has 0 radical (unpaired) electrons. The molecule has 1 saturated heterocycles. The molecular weight excluding hydrogens is 116 g/mol. The summed E-state index contributed by atoms with van der Waals surface area (Å²) in [4.78, 5) is 0. The Labute approximate surface area is 55.2 Å². The van der Waals surface area contributed by atoms with Crippen molar-refractivity contribution in [1.82, 2.24) is 5.32 Å². The molecule has 1 aliphatic rings. The summed E-state index contributed by atoms with van der Waals surface area (Å²) in [6.07, 6.45) is -0.269. The van der Waals surface area contributed by atoms with Crippen LogP contribution in [-0.4, -0.2) is 30.3 Å². The van der Waals surface area contributed by atoms with Crippen molar-refractivity contribution in [1.29, 1.82) is 0 Å². The third kappa shape index (κ3) is 1.41. The van der Waals surface area contributed by atoms with Crippen molar-refractivity contribution in [2.45, 2.75) is 19.1 Å². The van der Waals surface area contributed by atoms with E-state index >= 15 is 0 Å². The summed E-state index contributed by atoms with van der Waals surface area (Å²) in [5.74, 6) is 0.255. The predicted octanol–water partition coefficient (Wildman–Crippen LogP) is -1.09. The van der Waals surface area contributed by atoms with Crippen LogP contribution in [0.5, 0.6) is 0 Å². The summed E-state index contributed by atoms with van der Waals surface area (Å²) < 4.78 is 0. The highest BCUT2D eigenvalue weighted by Gasteiger charge is 2.26. The fourth-order valence-electron chi connectivity index (χ4n) is 1.25. The molecule has 9 heavy (non-hydrogen) atoms. The van der Waals surface area contributed by atoms with Gasteiger partial charge < -0.3 is 16.2 Å². The molecule has 0 aromatic heterocycles. The van der Waals surface area contributed by atoms with Gasteiger partial charge in [0.15, 0.2) is 0 Å². The molecule has 0 aromatic carbocycles. The minimum Gasteiger partial charge on any atom is -0.393 e. The number of hydrogen-bond acceptors (Lipinski definition) is 3. The number of rotatable bonds is 1. The molecule has 54 valence electrons. The van der Waals surface area contributed by atoms with E-state index in [1.807, 2.05) is 0 Å². The first-order chi connectivity index (χ1) is 4.22. The fourth-order valence-corrected chi connectivity index (χ4v) is 1.25. The van der Waals surface area contributed by atoms with Crippen LogP contribution in [0.25, 0.3) is 0 Å². The third-order valence-electron chi connectivity index (χ3n) is 1.93. The van der Waals surface area contributed by atoms with E-state index in [1.54, 1.807) is 6.92 Å². The summed E-state index contributed by atoms with van der Waals surface area (Å²) in [5.41, 5.74) is 5.66. The molecule has 1 aliphatic heterocycles. The van der Waals surface area contributed by atoms with Gasteiger partial charge in [-0.25, -0.2) is 0 Å². The Bertz CT molecular complexity index is 95.1. The fraction of sp³-hybridized carbons (Fsp3) is 1.00. The van der Waals surface area contributed by atoms with E-state index < -0.39 is 0 Å².